The van der Waals surface area contributed by atoms with Crippen molar-refractivity contribution >= 4 is 17.6 Å². The van der Waals surface area contributed by atoms with E-state index in [9.17, 15) is 9.18 Å². The third kappa shape index (κ3) is 3.18. The number of carboxylic acids is 1. The van der Waals surface area contributed by atoms with E-state index in [1.54, 1.807) is 0 Å². The number of benzene rings is 1. The van der Waals surface area contributed by atoms with Gasteiger partial charge >= 0.3 is 5.97 Å². The highest BCUT2D eigenvalue weighted by molar-refractivity contribution is 6.30. The van der Waals surface area contributed by atoms with Gasteiger partial charge in [-0.05, 0) is 30.7 Å². The zero-order valence-electron chi connectivity index (χ0n) is 8.84. The van der Waals surface area contributed by atoms with Crippen LogP contribution >= 0.6 is 11.6 Å². The Kier molecular flexibility index (Phi) is 4.71. The minimum atomic E-state index is -1.03. The second-order valence-corrected chi connectivity index (χ2v) is 3.81. The number of hydrogen-bond acceptors (Lipinski definition) is 2. The Morgan fingerprint density at radius 3 is 2.81 bits per heavy atom. The summed E-state index contributed by atoms with van der Waals surface area (Å²) in [6.07, 6.45) is 0.805. The standard InChI is InChI=1S/C11H13ClFNO2/c1-2-5-14-10(11(15)16)7-3-4-8(12)9(13)6-7/h3-4,6,10,14H,2,5H2,1H3,(H,15,16). The summed E-state index contributed by atoms with van der Waals surface area (Å²) in [5.41, 5.74) is 0.364. The fourth-order valence-electron chi connectivity index (χ4n) is 1.33. The van der Waals surface area contributed by atoms with Gasteiger partial charge < -0.3 is 10.4 Å². The molecule has 0 aliphatic heterocycles. The van der Waals surface area contributed by atoms with Crippen molar-refractivity contribution in [3.63, 3.8) is 0 Å². The number of carboxylic acid groups (broad SMARTS) is 1. The smallest absolute Gasteiger partial charge is 0.325 e. The number of halogens is 2. The summed E-state index contributed by atoms with van der Waals surface area (Å²) in [6, 6.07) is 3.11. The van der Waals surface area contributed by atoms with Crippen molar-refractivity contribution in [3.05, 3.63) is 34.6 Å². The molecule has 0 aromatic heterocycles. The zero-order valence-corrected chi connectivity index (χ0v) is 9.59. The van der Waals surface area contributed by atoms with Crippen LogP contribution in [0.15, 0.2) is 18.2 Å². The molecule has 1 unspecified atom stereocenters. The second kappa shape index (κ2) is 5.82. The number of nitrogens with one attached hydrogen (secondary N) is 1. The van der Waals surface area contributed by atoms with E-state index >= 15 is 0 Å². The maximum Gasteiger partial charge on any atom is 0.325 e. The molecule has 0 heterocycles. The summed E-state index contributed by atoms with van der Waals surface area (Å²) in [5.74, 6) is -1.64. The van der Waals surface area contributed by atoms with Crippen LogP contribution in [0.1, 0.15) is 24.9 Å². The first-order valence-corrected chi connectivity index (χ1v) is 5.35. The third-order valence-electron chi connectivity index (χ3n) is 2.12. The van der Waals surface area contributed by atoms with Gasteiger partial charge in [0.25, 0.3) is 0 Å². The summed E-state index contributed by atoms with van der Waals surface area (Å²) >= 11 is 5.53. The molecule has 1 aromatic rings. The Bertz CT molecular complexity index is 384. The highest BCUT2D eigenvalue weighted by Crippen LogP contribution is 2.20. The topological polar surface area (TPSA) is 49.3 Å². The normalized spacial score (nSPS) is 12.4. The summed E-state index contributed by atoms with van der Waals surface area (Å²) in [4.78, 5) is 11.0. The van der Waals surface area contributed by atoms with E-state index in [0.29, 0.717) is 12.1 Å². The third-order valence-corrected chi connectivity index (χ3v) is 2.43. The molecule has 5 heteroatoms. The van der Waals surface area contributed by atoms with Crippen LogP contribution in [-0.2, 0) is 4.79 Å². The van der Waals surface area contributed by atoms with Crippen molar-refractivity contribution in [2.75, 3.05) is 6.54 Å². The summed E-state index contributed by atoms with van der Waals surface area (Å²) < 4.78 is 13.2. The largest absolute Gasteiger partial charge is 0.480 e. The van der Waals surface area contributed by atoms with Gasteiger partial charge in [-0.15, -0.1) is 0 Å². The van der Waals surface area contributed by atoms with Crippen LogP contribution in [0.2, 0.25) is 5.02 Å². The molecule has 3 nitrogen and oxygen atoms in total. The molecule has 2 N–H and O–H groups in total. The predicted molar refractivity (Wildman–Crippen MR) is 60.1 cm³/mol. The Morgan fingerprint density at radius 1 is 1.62 bits per heavy atom. The minimum Gasteiger partial charge on any atom is -0.480 e. The number of aliphatic carboxylic acids is 1. The Labute approximate surface area is 98.2 Å². The van der Waals surface area contributed by atoms with Crippen LogP contribution in [0.3, 0.4) is 0 Å². The van der Waals surface area contributed by atoms with E-state index in [0.717, 1.165) is 12.5 Å². The lowest BCUT2D eigenvalue weighted by atomic mass is 10.1. The summed E-state index contributed by atoms with van der Waals surface area (Å²) in [5, 5.41) is 11.8. The van der Waals surface area contributed by atoms with Gasteiger partial charge in [0.15, 0.2) is 0 Å². The van der Waals surface area contributed by atoms with Gasteiger partial charge in [-0.1, -0.05) is 24.6 Å². The Hall–Kier alpha value is -1.13. The van der Waals surface area contributed by atoms with Gasteiger partial charge in [0.05, 0.1) is 5.02 Å². The molecule has 0 saturated heterocycles. The molecule has 0 aliphatic rings. The number of carbonyl (C=O) groups is 1. The van der Waals surface area contributed by atoms with Gasteiger partial charge in [0.1, 0.15) is 11.9 Å². The molecule has 0 fully saturated rings. The number of hydrogen-bond donors (Lipinski definition) is 2. The van der Waals surface area contributed by atoms with E-state index < -0.39 is 17.8 Å². The van der Waals surface area contributed by atoms with Crippen LogP contribution in [0.5, 0.6) is 0 Å². The highest BCUT2D eigenvalue weighted by atomic mass is 35.5. The van der Waals surface area contributed by atoms with E-state index in [4.69, 9.17) is 16.7 Å². The maximum absolute atomic E-state index is 13.2. The molecule has 0 amide bonds. The first-order valence-electron chi connectivity index (χ1n) is 4.97. The minimum absolute atomic E-state index is 0.0108. The van der Waals surface area contributed by atoms with Crippen molar-refractivity contribution < 1.29 is 14.3 Å². The van der Waals surface area contributed by atoms with Crippen LogP contribution in [0.25, 0.3) is 0 Å². The van der Waals surface area contributed by atoms with Gasteiger partial charge in [0.2, 0.25) is 0 Å². The van der Waals surface area contributed by atoms with Crippen LogP contribution in [0.4, 0.5) is 4.39 Å². The molecule has 0 bridgehead atoms. The molecule has 16 heavy (non-hydrogen) atoms. The van der Waals surface area contributed by atoms with Crippen molar-refractivity contribution in [2.24, 2.45) is 0 Å². The van der Waals surface area contributed by atoms with E-state index in [1.165, 1.54) is 12.1 Å². The van der Waals surface area contributed by atoms with Crippen molar-refractivity contribution in [3.8, 4) is 0 Å². The molecule has 88 valence electrons. The average Bonchev–Trinajstić information content (AvgIpc) is 2.23. The van der Waals surface area contributed by atoms with Crippen LogP contribution in [-0.4, -0.2) is 17.6 Å². The quantitative estimate of drug-likeness (QED) is 0.838. The molecular formula is C11H13ClFNO2. The second-order valence-electron chi connectivity index (χ2n) is 3.40. The monoisotopic (exact) mass is 245 g/mol. The van der Waals surface area contributed by atoms with E-state index in [1.807, 2.05) is 6.92 Å². The van der Waals surface area contributed by atoms with Gasteiger partial charge in [-0.25, -0.2) is 4.39 Å². The fourth-order valence-corrected chi connectivity index (χ4v) is 1.45. The van der Waals surface area contributed by atoms with Gasteiger partial charge in [0, 0.05) is 0 Å². The highest BCUT2D eigenvalue weighted by Gasteiger charge is 2.19. The molecule has 0 aliphatic carbocycles. The van der Waals surface area contributed by atoms with Crippen molar-refractivity contribution in [1.29, 1.82) is 0 Å². The lowest BCUT2D eigenvalue weighted by Gasteiger charge is -2.14. The van der Waals surface area contributed by atoms with E-state index in [2.05, 4.69) is 5.32 Å². The molecule has 0 spiro atoms. The van der Waals surface area contributed by atoms with E-state index in [-0.39, 0.29) is 5.02 Å². The Morgan fingerprint density at radius 2 is 2.31 bits per heavy atom. The molecule has 0 saturated carbocycles. The van der Waals surface area contributed by atoms with Gasteiger partial charge in [-0.2, -0.15) is 0 Å². The Balaban J connectivity index is 2.92. The average molecular weight is 246 g/mol. The maximum atomic E-state index is 13.2. The van der Waals surface area contributed by atoms with Gasteiger partial charge in [-0.3, -0.25) is 4.79 Å². The van der Waals surface area contributed by atoms with Crippen LogP contribution < -0.4 is 5.32 Å². The molecule has 1 atom stereocenters. The van der Waals surface area contributed by atoms with Crippen molar-refractivity contribution in [2.45, 2.75) is 19.4 Å². The number of rotatable bonds is 5. The van der Waals surface area contributed by atoms with Crippen molar-refractivity contribution in [1.82, 2.24) is 5.32 Å². The molecule has 1 rings (SSSR count). The SMILES string of the molecule is CCCNC(C(=O)O)c1ccc(Cl)c(F)c1. The molecule has 1 aromatic carbocycles. The first kappa shape index (κ1) is 12.9. The summed E-state index contributed by atoms with van der Waals surface area (Å²) in [6.45, 7) is 2.48. The lowest BCUT2D eigenvalue weighted by Crippen LogP contribution is -2.29. The van der Waals surface area contributed by atoms with Crippen LogP contribution in [0, 0.1) is 5.82 Å². The molecular weight excluding hydrogens is 233 g/mol. The molecule has 0 radical (unpaired) electrons. The first-order chi connectivity index (χ1) is 7.56. The fraction of sp³-hybridized carbons (Fsp3) is 0.364. The zero-order chi connectivity index (χ0) is 12.1. The summed E-state index contributed by atoms with van der Waals surface area (Å²) in [7, 11) is 0. The predicted octanol–water partition coefficient (Wildman–Crippen LogP) is 2.60. The lowest BCUT2D eigenvalue weighted by molar-refractivity contribution is -0.139.